The van der Waals surface area contributed by atoms with Crippen LogP contribution in [0, 0.1) is 0 Å². The molecule has 0 spiro atoms. The molecule has 0 radical (unpaired) electrons. The van der Waals surface area contributed by atoms with Crippen molar-refractivity contribution in [3.8, 4) is 11.5 Å². The third kappa shape index (κ3) is 6.77. The van der Waals surface area contributed by atoms with E-state index in [0.29, 0.717) is 5.75 Å². The molecule has 0 aliphatic rings. The Bertz CT molecular complexity index is 647. The first-order valence-corrected chi connectivity index (χ1v) is 8.92. The summed E-state index contributed by atoms with van der Waals surface area (Å²) in [7, 11) is 1.65. The van der Waals surface area contributed by atoms with Crippen LogP contribution in [-0.4, -0.2) is 35.7 Å². The molecule has 0 saturated carbocycles. The molecule has 1 unspecified atom stereocenters. The van der Waals surface area contributed by atoms with Gasteiger partial charge in [-0.15, -0.1) is 24.2 Å². The molecule has 1 aromatic heterocycles. The van der Waals surface area contributed by atoms with E-state index >= 15 is 0 Å². The predicted octanol–water partition coefficient (Wildman–Crippen LogP) is 4.34. The summed E-state index contributed by atoms with van der Waals surface area (Å²) in [5, 5.41) is 11.1. The third-order valence-electron chi connectivity index (χ3n) is 3.49. The van der Waals surface area contributed by atoms with Crippen molar-refractivity contribution in [1.29, 1.82) is 0 Å². The van der Waals surface area contributed by atoms with Crippen LogP contribution in [0.15, 0.2) is 47.6 Å². The van der Waals surface area contributed by atoms with Crippen molar-refractivity contribution in [2.45, 2.75) is 37.3 Å². The molecule has 1 atom stereocenters. The highest BCUT2D eigenvalue weighted by atomic mass is 35.5. The SMILES string of the molecule is COc1ccc(OCC(O)CSc2ccccn2)c(C(C)(C)C)c1.Cl. The fourth-order valence-electron chi connectivity index (χ4n) is 2.20. The van der Waals surface area contributed by atoms with E-state index in [9.17, 15) is 5.11 Å². The summed E-state index contributed by atoms with van der Waals surface area (Å²) in [6.07, 6.45) is 1.19. The summed E-state index contributed by atoms with van der Waals surface area (Å²) >= 11 is 1.52. The maximum Gasteiger partial charge on any atom is 0.123 e. The summed E-state index contributed by atoms with van der Waals surface area (Å²) in [5.41, 5.74) is 0.990. The second-order valence-corrected chi connectivity index (χ2v) is 7.60. The minimum atomic E-state index is -0.563. The molecule has 25 heavy (non-hydrogen) atoms. The largest absolute Gasteiger partial charge is 0.497 e. The summed E-state index contributed by atoms with van der Waals surface area (Å²) in [6.45, 7) is 6.63. The second kappa shape index (κ2) is 9.90. The van der Waals surface area contributed by atoms with Gasteiger partial charge in [0.2, 0.25) is 0 Å². The Morgan fingerprint density at radius 1 is 1.20 bits per heavy atom. The van der Waals surface area contributed by atoms with E-state index in [1.807, 2.05) is 36.4 Å². The number of hydrogen-bond donors (Lipinski definition) is 1. The van der Waals surface area contributed by atoms with Crippen LogP contribution in [0.25, 0.3) is 0 Å². The Labute approximate surface area is 160 Å². The molecule has 0 fully saturated rings. The molecule has 0 saturated heterocycles. The van der Waals surface area contributed by atoms with E-state index in [4.69, 9.17) is 9.47 Å². The van der Waals surface area contributed by atoms with Crippen LogP contribution in [0.3, 0.4) is 0 Å². The van der Waals surface area contributed by atoms with Gasteiger partial charge < -0.3 is 14.6 Å². The number of pyridine rings is 1. The first-order valence-electron chi connectivity index (χ1n) is 7.93. The molecule has 1 N–H and O–H groups in total. The molecule has 138 valence electrons. The van der Waals surface area contributed by atoms with E-state index < -0.39 is 6.10 Å². The van der Waals surface area contributed by atoms with Gasteiger partial charge in [0.25, 0.3) is 0 Å². The zero-order chi connectivity index (χ0) is 17.6. The highest BCUT2D eigenvalue weighted by Gasteiger charge is 2.20. The number of benzene rings is 1. The van der Waals surface area contributed by atoms with Gasteiger partial charge in [0, 0.05) is 17.5 Å². The van der Waals surface area contributed by atoms with Crippen LogP contribution in [0.1, 0.15) is 26.3 Å². The number of rotatable bonds is 7. The zero-order valence-corrected chi connectivity index (χ0v) is 16.7. The Morgan fingerprint density at radius 3 is 2.56 bits per heavy atom. The van der Waals surface area contributed by atoms with Gasteiger partial charge in [-0.2, -0.15) is 0 Å². The van der Waals surface area contributed by atoms with Crippen LogP contribution in [-0.2, 0) is 5.41 Å². The van der Waals surface area contributed by atoms with E-state index in [1.54, 1.807) is 13.3 Å². The number of aliphatic hydroxyl groups excluding tert-OH is 1. The van der Waals surface area contributed by atoms with Crippen molar-refractivity contribution >= 4 is 24.2 Å². The lowest BCUT2D eigenvalue weighted by atomic mass is 9.86. The van der Waals surface area contributed by atoms with Crippen molar-refractivity contribution in [2.75, 3.05) is 19.5 Å². The quantitative estimate of drug-likeness (QED) is 0.720. The van der Waals surface area contributed by atoms with Gasteiger partial charge in [-0.25, -0.2) is 4.98 Å². The lowest BCUT2D eigenvalue weighted by molar-refractivity contribution is 0.125. The number of aliphatic hydroxyl groups is 1. The maximum absolute atomic E-state index is 10.2. The van der Waals surface area contributed by atoms with Gasteiger partial charge in [0.15, 0.2) is 0 Å². The smallest absolute Gasteiger partial charge is 0.123 e. The molecule has 1 heterocycles. The number of halogens is 1. The van der Waals surface area contributed by atoms with Crippen LogP contribution in [0.4, 0.5) is 0 Å². The van der Waals surface area contributed by atoms with E-state index in [2.05, 4.69) is 25.8 Å². The van der Waals surface area contributed by atoms with E-state index in [0.717, 1.165) is 22.1 Å². The minimum absolute atomic E-state index is 0. The molecule has 0 aliphatic carbocycles. The molecule has 0 amide bonds. The summed E-state index contributed by atoms with van der Waals surface area (Å²) in [5.74, 6) is 2.13. The highest BCUT2D eigenvalue weighted by Crippen LogP contribution is 2.34. The summed E-state index contributed by atoms with van der Waals surface area (Å²) in [6, 6.07) is 11.5. The van der Waals surface area contributed by atoms with Gasteiger partial charge in [0.1, 0.15) is 18.1 Å². The second-order valence-electron chi connectivity index (χ2n) is 6.56. The summed E-state index contributed by atoms with van der Waals surface area (Å²) in [4.78, 5) is 4.23. The molecule has 2 rings (SSSR count). The Balaban J connectivity index is 0.00000312. The normalized spacial score (nSPS) is 12.2. The molecular formula is C19H26ClNO3S. The number of methoxy groups -OCH3 is 1. The van der Waals surface area contributed by atoms with Crippen molar-refractivity contribution < 1.29 is 14.6 Å². The first-order chi connectivity index (χ1) is 11.4. The first kappa shape index (κ1) is 21.6. The topological polar surface area (TPSA) is 51.6 Å². The van der Waals surface area contributed by atoms with Crippen molar-refractivity contribution in [3.05, 3.63) is 48.2 Å². The maximum atomic E-state index is 10.2. The third-order valence-corrected chi connectivity index (χ3v) is 4.58. The summed E-state index contributed by atoms with van der Waals surface area (Å²) < 4.78 is 11.2. The zero-order valence-electron chi connectivity index (χ0n) is 15.1. The Kier molecular flexibility index (Phi) is 8.56. The van der Waals surface area contributed by atoms with E-state index in [-0.39, 0.29) is 24.4 Å². The molecule has 1 aromatic carbocycles. The predicted molar refractivity (Wildman–Crippen MR) is 105 cm³/mol. The Hall–Kier alpha value is -1.43. The van der Waals surface area contributed by atoms with Gasteiger partial charge in [0.05, 0.1) is 18.2 Å². The van der Waals surface area contributed by atoms with Crippen LogP contribution >= 0.6 is 24.2 Å². The molecule has 6 heteroatoms. The minimum Gasteiger partial charge on any atom is -0.497 e. The van der Waals surface area contributed by atoms with Crippen LogP contribution < -0.4 is 9.47 Å². The van der Waals surface area contributed by atoms with Crippen molar-refractivity contribution in [1.82, 2.24) is 4.98 Å². The van der Waals surface area contributed by atoms with Gasteiger partial charge in [-0.1, -0.05) is 26.8 Å². The lowest BCUT2D eigenvalue weighted by Crippen LogP contribution is -2.22. The number of hydrogen-bond acceptors (Lipinski definition) is 5. The molecule has 2 aromatic rings. The average Bonchev–Trinajstić information content (AvgIpc) is 2.58. The highest BCUT2D eigenvalue weighted by molar-refractivity contribution is 7.99. The number of aromatic nitrogens is 1. The van der Waals surface area contributed by atoms with E-state index in [1.165, 1.54) is 11.8 Å². The average molecular weight is 384 g/mol. The fraction of sp³-hybridized carbons (Fsp3) is 0.421. The van der Waals surface area contributed by atoms with Gasteiger partial charge >= 0.3 is 0 Å². The van der Waals surface area contributed by atoms with Crippen molar-refractivity contribution in [2.24, 2.45) is 0 Å². The standard InChI is InChI=1S/C19H25NO3S.ClH/c1-19(2,3)16-11-15(22-4)8-9-17(16)23-12-14(21)13-24-18-7-5-6-10-20-18;/h5-11,14,21H,12-13H2,1-4H3;1H. The van der Waals surface area contributed by atoms with Gasteiger partial charge in [-0.3, -0.25) is 0 Å². The number of nitrogens with zero attached hydrogens (tertiary/aromatic N) is 1. The Morgan fingerprint density at radius 2 is 1.96 bits per heavy atom. The monoisotopic (exact) mass is 383 g/mol. The molecule has 0 bridgehead atoms. The number of thioether (sulfide) groups is 1. The van der Waals surface area contributed by atoms with Crippen LogP contribution in [0.2, 0.25) is 0 Å². The van der Waals surface area contributed by atoms with Crippen LogP contribution in [0.5, 0.6) is 11.5 Å². The van der Waals surface area contributed by atoms with Crippen molar-refractivity contribution in [3.63, 3.8) is 0 Å². The molecule has 0 aliphatic heterocycles. The lowest BCUT2D eigenvalue weighted by Gasteiger charge is -2.24. The number of ether oxygens (including phenoxy) is 2. The van der Waals surface area contributed by atoms with Gasteiger partial charge in [-0.05, 0) is 35.7 Å². The molecular weight excluding hydrogens is 358 g/mol. The molecule has 4 nitrogen and oxygen atoms in total. The fourth-order valence-corrected chi connectivity index (χ4v) is 2.97.